The molecule has 3 rings (SSSR count). The molecule has 0 bridgehead atoms. The van der Waals surface area contributed by atoms with Gasteiger partial charge >= 0.3 is 0 Å². The Labute approximate surface area is 132 Å². The number of rotatable bonds is 4. The van der Waals surface area contributed by atoms with Gasteiger partial charge in [0.25, 0.3) is 0 Å². The van der Waals surface area contributed by atoms with Gasteiger partial charge in [0.2, 0.25) is 11.7 Å². The summed E-state index contributed by atoms with van der Waals surface area (Å²) in [6.07, 6.45) is 3.04. The van der Waals surface area contributed by atoms with Gasteiger partial charge in [0.1, 0.15) is 11.6 Å². The van der Waals surface area contributed by atoms with Crippen molar-refractivity contribution in [2.75, 3.05) is 16.8 Å². The molecule has 1 fully saturated rings. The number of carbonyl (C=O) groups excluding carboxylic acids is 1. The van der Waals surface area contributed by atoms with Gasteiger partial charge in [-0.2, -0.15) is 10.5 Å². The SMILES string of the molecule is Cc1cc(NC=C(C#N)c2nn[nH]n2)ccc1N1CCCC1=O. The highest BCUT2D eigenvalue weighted by Gasteiger charge is 2.22. The molecule has 1 aliphatic rings. The van der Waals surface area contributed by atoms with Gasteiger partial charge in [-0.05, 0) is 42.3 Å². The minimum Gasteiger partial charge on any atom is -0.360 e. The minimum atomic E-state index is 0.164. The van der Waals surface area contributed by atoms with Gasteiger partial charge in [0.15, 0.2) is 0 Å². The van der Waals surface area contributed by atoms with Gasteiger partial charge in [-0.1, -0.05) is 0 Å². The molecule has 0 aliphatic carbocycles. The Morgan fingerprint density at radius 3 is 3.00 bits per heavy atom. The molecular formula is C15H15N7O. The molecular weight excluding hydrogens is 294 g/mol. The zero-order valence-corrected chi connectivity index (χ0v) is 12.6. The zero-order valence-electron chi connectivity index (χ0n) is 12.6. The van der Waals surface area contributed by atoms with E-state index in [1.807, 2.05) is 36.1 Å². The van der Waals surface area contributed by atoms with E-state index in [1.54, 1.807) is 0 Å². The molecule has 2 heterocycles. The van der Waals surface area contributed by atoms with E-state index in [4.69, 9.17) is 5.26 Å². The molecule has 1 aromatic heterocycles. The Balaban J connectivity index is 1.78. The van der Waals surface area contributed by atoms with E-state index >= 15 is 0 Å². The van der Waals surface area contributed by atoms with Crippen LogP contribution in [0.4, 0.5) is 11.4 Å². The third-order valence-corrected chi connectivity index (χ3v) is 3.65. The molecule has 0 unspecified atom stereocenters. The number of H-pyrrole nitrogens is 1. The maximum Gasteiger partial charge on any atom is 0.227 e. The lowest BCUT2D eigenvalue weighted by atomic mass is 10.1. The van der Waals surface area contributed by atoms with Crippen molar-refractivity contribution in [2.45, 2.75) is 19.8 Å². The van der Waals surface area contributed by atoms with E-state index < -0.39 is 0 Å². The number of aromatic nitrogens is 4. The zero-order chi connectivity index (χ0) is 16.2. The van der Waals surface area contributed by atoms with E-state index in [2.05, 4.69) is 25.9 Å². The lowest BCUT2D eigenvalue weighted by Gasteiger charge is -2.19. The van der Waals surface area contributed by atoms with E-state index in [0.717, 1.165) is 29.9 Å². The van der Waals surface area contributed by atoms with Crippen molar-refractivity contribution < 1.29 is 4.79 Å². The summed E-state index contributed by atoms with van der Waals surface area (Å²) in [6.45, 7) is 2.73. The summed E-state index contributed by atoms with van der Waals surface area (Å²) < 4.78 is 0. The maximum atomic E-state index is 11.8. The topological polar surface area (TPSA) is 111 Å². The third kappa shape index (κ3) is 3.03. The van der Waals surface area contributed by atoms with Crippen LogP contribution in [0.5, 0.6) is 0 Å². The summed E-state index contributed by atoms with van der Waals surface area (Å²) in [5.41, 5.74) is 3.02. The number of allylic oxidation sites excluding steroid dienone is 1. The number of aryl methyl sites for hydroxylation is 1. The highest BCUT2D eigenvalue weighted by atomic mass is 16.2. The summed E-state index contributed by atoms with van der Waals surface area (Å²) >= 11 is 0. The van der Waals surface area contributed by atoms with Crippen molar-refractivity contribution in [3.05, 3.63) is 35.8 Å². The molecule has 2 N–H and O–H groups in total. The Hall–Kier alpha value is -3.21. The fourth-order valence-corrected chi connectivity index (χ4v) is 2.53. The molecule has 1 saturated heterocycles. The van der Waals surface area contributed by atoms with Gasteiger partial charge in [-0.25, -0.2) is 0 Å². The van der Waals surface area contributed by atoms with Crippen LogP contribution in [-0.4, -0.2) is 33.1 Å². The second-order valence-electron chi connectivity index (χ2n) is 5.20. The summed E-state index contributed by atoms with van der Waals surface area (Å²) in [6, 6.07) is 7.73. The fraction of sp³-hybridized carbons (Fsp3) is 0.267. The second-order valence-corrected chi connectivity index (χ2v) is 5.20. The largest absolute Gasteiger partial charge is 0.360 e. The molecule has 2 aromatic rings. The predicted molar refractivity (Wildman–Crippen MR) is 84.2 cm³/mol. The Kier molecular flexibility index (Phi) is 4.01. The Morgan fingerprint density at radius 1 is 1.52 bits per heavy atom. The molecule has 0 radical (unpaired) electrons. The smallest absolute Gasteiger partial charge is 0.227 e. The van der Waals surface area contributed by atoms with Crippen molar-refractivity contribution >= 4 is 22.9 Å². The number of carbonyl (C=O) groups is 1. The number of hydrogen-bond donors (Lipinski definition) is 2. The molecule has 116 valence electrons. The minimum absolute atomic E-state index is 0.164. The molecule has 0 spiro atoms. The highest BCUT2D eigenvalue weighted by molar-refractivity contribution is 5.96. The van der Waals surface area contributed by atoms with Crippen LogP contribution in [0.3, 0.4) is 0 Å². The monoisotopic (exact) mass is 309 g/mol. The van der Waals surface area contributed by atoms with Gasteiger partial charge in [0, 0.05) is 30.5 Å². The summed E-state index contributed by atoms with van der Waals surface area (Å²) in [4.78, 5) is 13.7. The van der Waals surface area contributed by atoms with E-state index in [1.165, 1.54) is 6.20 Å². The van der Waals surface area contributed by atoms with Crippen LogP contribution in [0.25, 0.3) is 5.57 Å². The average molecular weight is 309 g/mol. The van der Waals surface area contributed by atoms with Crippen LogP contribution in [0.15, 0.2) is 24.4 Å². The molecule has 0 atom stereocenters. The van der Waals surface area contributed by atoms with Gasteiger partial charge in [-0.15, -0.1) is 10.2 Å². The first-order valence-corrected chi connectivity index (χ1v) is 7.20. The number of aromatic amines is 1. The normalized spacial score (nSPS) is 14.9. The molecule has 0 saturated carbocycles. The van der Waals surface area contributed by atoms with Gasteiger partial charge in [0.05, 0.1) is 0 Å². The number of benzene rings is 1. The summed E-state index contributed by atoms with van der Waals surface area (Å²) in [7, 11) is 0. The summed E-state index contributed by atoms with van der Waals surface area (Å²) in [5.74, 6) is 0.397. The van der Waals surface area contributed by atoms with Crippen LogP contribution in [0.2, 0.25) is 0 Å². The molecule has 8 heteroatoms. The quantitative estimate of drug-likeness (QED) is 0.830. The van der Waals surface area contributed by atoms with Gasteiger partial charge < -0.3 is 10.2 Å². The first-order valence-electron chi connectivity index (χ1n) is 7.20. The lowest BCUT2D eigenvalue weighted by Crippen LogP contribution is -2.24. The van der Waals surface area contributed by atoms with Crippen molar-refractivity contribution in [3.63, 3.8) is 0 Å². The third-order valence-electron chi connectivity index (χ3n) is 3.65. The number of nitrogens with zero attached hydrogens (tertiary/aromatic N) is 5. The molecule has 1 aromatic carbocycles. The van der Waals surface area contributed by atoms with E-state index in [9.17, 15) is 4.79 Å². The number of hydrogen-bond acceptors (Lipinski definition) is 6. The van der Waals surface area contributed by atoms with Gasteiger partial charge in [-0.3, -0.25) is 4.79 Å². The van der Waals surface area contributed by atoms with E-state index in [0.29, 0.717) is 6.42 Å². The lowest BCUT2D eigenvalue weighted by molar-refractivity contribution is -0.117. The Bertz CT molecular complexity index is 789. The molecule has 23 heavy (non-hydrogen) atoms. The van der Waals surface area contributed by atoms with Crippen LogP contribution in [-0.2, 0) is 4.79 Å². The number of amides is 1. The maximum absolute atomic E-state index is 11.8. The molecule has 8 nitrogen and oxygen atoms in total. The predicted octanol–water partition coefficient (Wildman–Crippen LogP) is 1.61. The second kappa shape index (κ2) is 6.27. The summed E-state index contributed by atoms with van der Waals surface area (Å²) in [5, 5.41) is 25.4. The van der Waals surface area contributed by atoms with Crippen LogP contribution in [0, 0.1) is 18.3 Å². The van der Waals surface area contributed by atoms with Crippen LogP contribution in [0.1, 0.15) is 24.2 Å². The fourth-order valence-electron chi connectivity index (χ4n) is 2.53. The van der Waals surface area contributed by atoms with Crippen molar-refractivity contribution in [2.24, 2.45) is 0 Å². The molecule has 1 aliphatic heterocycles. The Morgan fingerprint density at radius 2 is 2.39 bits per heavy atom. The van der Waals surface area contributed by atoms with E-state index in [-0.39, 0.29) is 17.3 Å². The molecule has 1 amide bonds. The number of anilines is 2. The highest BCUT2D eigenvalue weighted by Crippen LogP contribution is 2.27. The van der Waals surface area contributed by atoms with Crippen molar-refractivity contribution in [1.82, 2.24) is 20.6 Å². The van der Waals surface area contributed by atoms with Crippen LogP contribution >= 0.6 is 0 Å². The number of tetrazole rings is 1. The van der Waals surface area contributed by atoms with Crippen molar-refractivity contribution in [1.29, 1.82) is 5.26 Å². The number of nitrogens with one attached hydrogen (secondary N) is 2. The van der Waals surface area contributed by atoms with Crippen molar-refractivity contribution in [3.8, 4) is 6.07 Å². The number of nitriles is 1. The standard InChI is InChI=1S/C15H15N7O/c1-10-7-12(4-5-13(10)22-6-2-3-14(22)23)17-9-11(8-16)15-18-20-21-19-15/h4-5,7,9,17H,2-3,6H2,1H3,(H,18,19,20,21). The first kappa shape index (κ1) is 14.7. The van der Waals surface area contributed by atoms with Crippen LogP contribution < -0.4 is 10.2 Å². The first-order chi connectivity index (χ1) is 11.2. The average Bonchev–Trinajstić information content (AvgIpc) is 3.20.